The molecular formula is C44H26N4O. The lowest BCUT2D eigenvalue weighted by atomic mass is 9.98. The Hall–Kier alpha value is -6.82. The fourth-order valence-corrected chi connectivity index (χ4v) is 7.89. The Morgan fingerprint density at radius 3 is 2.24 bits per heavy atom. The van der Waals surface area contributed by atoms with Gasteiger partial charge in [-0.15, -0.1) is 0 Å². The Bertz CT molecular complexity index is 2960. The molecule has 0 spiro atoms. The van der Waals surface area contributed by atoms with Gasteiger partial charge in [0.2, 0.25) is 0 Å². The van der Waals surface area contributed by atoms with Crippen molar-refractivity contribution in [3.63, 3.8) is 0 Å². The molecule has 0 amide bonds. The molecule has 0 unspecified atom stereocenters. The van der Waals surface area contributed by atoms with Crippen molar-refractivity contribution in [3.8, 4) is 34.6 Å². The van der Waals surface area contributed by atoms with Crippen LogP contribution < -0.4 is 0 Å². The summed E-state index contributed by atoms with van der Waals surface area (Å²) in [6.07, 6.45) is 6.23. The number of hydrogen-bond donors (Lipinski definition) is 0. The zero-order valence-electron chi connectivity index (χ0n) is 26.3. The first kappa shape index (κ1) is 27.3. The third-order valence-corrected chi connectivity index (χ3v) is 10.0. The van der Waals surface area contributed by atoms with Crippen molar-refractivity contribution in [2.45, 2.75) is 12.8 Å². The summed E-state index contributed by atoms with van der Waals surface area (Å²) in [7, 11) is 0. The van der Waals surface area contributed by atoms with Crippen molar-refractivity contribution in [3.05, 3.63) is 150 Å². The van der Waals surface area contributed by atoms with Crippen molar-refractivity contribution in [1.29, 1.82) is 10.5 Å². The topological polar surface area (TPSA) is 70.6 Å². The Labute approximate surface area is 281 Å². The lowest BCUT2D eigenvalue weighted by molar-refractivity contribution is 0.671. The summed E-state index contributed by atoms with van der Waals surface area (Å²) in [5.74, 6) is 0. The quantitative estimate of drug-likeness (QED) is 0.196. The van der Waals surface area contributed by atoms with E-state index in [4.69, 9.17) is 4.42 Å². The second kappa shape index (κ2) is 10.3. The number of rotatable bonds is 3. The van der Waals surface area contributed by atoms with Gasteiger partial charge in [0.15, 0.2) is 5.58 Å². The molecule has 3 aromatic heterocycles. The van der Waals surface area contributed by atoms with Crippen molar-refractivity contribution < 1.29 is 4.42 Å². The molecule has 0 atom stereocenters. The smallest absolute Gasteiger partial charge is 0.160 e. The van der Waals surface area contributed by atoms with Crippen LogP contribution >= 0.6 is 0 Å². The third kappa shape index (κ3) is 3.91. The lowest BCUT2D eigenvalue weighted by Gasteiger charge is -2.18. The number of fused-ring (bicyclic) bond motifs is 10. The van der Waals surface area contributed by atoms with E-state index >= 15 is 0 Å². The third-order valence-electron chi connectivity index (χ3n) is 10.0. The van der Waals surface area contributed by atoms with Gasteiger partial charge >= 0.3 is 0 Å². The van der Waals surface area contributed by atoms with Gasteiger partial charge in [-0.1, -0.05) is 60.7 Å². The lowest BCUT2D eigenvalue weighted by Crippen LogP contribution is -2.05. The Kier molecular flexibility index (Phi) is 5.76. The molecule has 0 radical (unpaired) electrons. The number of allylic oxidation sites excluding steroid dienone is 1. The SMILES string of the molecule is N#Cc1ccc(-n2c3c(c4cc(C#N)ccc42)C=CCC3)c(-c2ccc3c(c2)c2ccc4c5ccccc5oc4c2n3-c2ccccc2)c1. The van der Waals surface area contributed by atoms with Gasteiger partial charge in [-0.3, -0.25) is 0 Å². The van der Waals surface area contributed by atoms with Crippen LogP contribution in [-0.4, -0.2) is 9.13 Å². The first-order valence-corrected chi connectivity index (χ1v) is 16.4. The van der Waals surface area contributed by atoms with Crippen molar-refractivity contribution in [2.24, 2.45) is 0 Å². The van der Waals surface area contributed by atoms with Gasteiger partial charge in [0.25, 0.3) is 0 Å². The highest BCUT2D eigenvalue weighted by Gasteiger charge is 2.23. The van der Waals surface area contributed by atoms with Crippen molar-refractivity contribution >= 4 is 60.7 Å². The van der Waals surface area contributed by atoms with E-state index in [1.165, 1.54) is 5.69 Å². The van der Waals surface area contributed by atoms with E-state index in [1.54, 1.807) is 0 Å². The molecule has 1 aliphatic carbocycles. The largest absolute Gasteiger partial charge is 0.454 e. The minimum absolute atomic E-state index is 0.603. The second-order valence-corrected chi connectivity index (χ2v) is 12.7. The van der Waals surface area contributed by atoms with Crippen molar-refractivity contribution in [1.82, 2.24) is 9.13 Å². The summed E-state index contributed by atoms with van der Waals surface area (Å²) in [4.78, 5) is 0. The van der Waals surface area contributed by atoms with Gasteiger partial charge in [-0.05, 0) is 91.2 Å². The Morgan fingerprint density at radius 1 is 0.612 bits per heavy atom. The summed E-state index contributed by atoms with van der Waals surface area (Å²) in [5.41, 5.74) is 12.6. The van der Waals surface area contributed by atoms with E-state index < -0.39 is 0 Å². The molecule has 1 aliphatic rings. The maximum Gasteiger partial charge on any atom is 0.160 e. The minimum atomic E-state index is 0.603. The molecule has 3 heterocycles. The summed E-state index contributed by atoms with van der Waals surface area (Å²) in [6.45, 7) is 0. The zero-order valence-corrected chi connectivity index (χ0v) is 26.3. The van der Waals surface area contributed by atoms with Crippen LogP contribution in [0.25, 0.3) is 83.2 Å². The number of para-hydroxylation sites is 2. The van der Waals surface area contributed by atoms with E-state index in [0.29, 0.717) is 11.1 Å². The fraction of sp³-hybridized carbons (Fsp3) is 0.0455. The zero-order chi connectivity index (χ0) is 32.6. The van der Waals surface area contributed by atoms with E-state index in [0.717, 1.165) is 95.6 Å². The number of aromatic nitrogens is 2. The molecule has 0 fully saturated rings. The first-order chi connectivity index (χ1) is 24.2. The monoisotopic (exact) mass is 626 g/mol. The molecule has 6 aromatic carbocycles. The van der Waals surface area contributed by atoms with Crippen LogP contribution in [0, 0.1) is 22.7 Å². The molecule has 0 saturated heterocycles. The summed E-state index contributed by atoms with van der Waals surface area (Å²) < 4.78 is 11.2. The number of benzene rings is 6. The van der Waals surface area contributed by atoms with Crippen LogP contribution in [0.3, 0.4) is 0 Å². The van der Waals surface area contributed by atoms with Crippen LogP contribution in [0.15, 0.2) is 132 Å². The van der Waals surface area contributed by atoms with Crippen LogP contribution in [-0.2, 0) is 6.42 Å². The van der Waals surface area contributed by atoms with Crippen LogP contribution in [0.2, 0.25) is 0 Å². The van der Waals surface area contributed by atoms with Crippen LogP contribution in [0.5, 0.6) is 0 Å². The molecule has 10 rings (SSSR count). The number of hydrogen-bond acceptors (Lipinski definition) is 3. The normalized spacial score (nSPS) is 12.6. The molecule has 0 aliphatic heterocycles. The maximum atomic E-state index is 10.0. The van der Waals surface area contributed by atoms with Crippen LogP contribution in [0.4, 0.5) is 0 Å². The summed E-state index contributed by atoms with van der Waals surface area (Å²) in [5, 5.41) is 25.2. The molecule has 0 bridgehead atoms. The number of furan rings is 1. The number of nitriles is 2. The van der Waals surface area contributed by atoms with Gasteiger partial charge in [0.05, 0.1) is 45.5 Å². The molecular weight excluding hydrogens is 601 g/mol. The van der Waals surface area contributed by atoms with Gasteiger partial charge in [-0.25, -0.2) is 0 Å². The first-order valence-electron chi connectivity index (χ1n) is 16.4. The highest BCUT2D eigenvalue weighted by molar-refractivity contribution is 6.22. The van der Waals surface area contributed by atoms with Gasteiger partial charge < -0.3 is 13.6 Å². The summed E-state index contributed by atoms with van der Waals surface area (Å²) >= 11 is 0. The molecule has 9 aromatic rings. The highest BCUT2D eigenvalue weighted by atomic mass is 16.3. The molecule has 49 heavy (non-hydrogen) atoms. The van der Waals surface area contributed by atoms with Crippen molar-refractivity contribution in [2.75, 3.05) is 0 Å². The van der Waals surface area contributed by atoms with Gasteiger partial charge in [0.1, 0.15) is 5.58 Å². The van der Waals surface area contributed by atoms with Gasteiger partial charge in [0, 0.05) is 49.4 Å². The Morgan fingerprint density at radius 2 is 1.37 bits per heavy atom. The predicted molar refractivity (Wildman–Crippen MR) is 197 cm³/mol. The second-order valence-electron chi connectivity index (χ2n) is 12.7. The average Bonchev–Trinajstić information content (AvgIpc) is 3.82. The van der Waals surface area contributed by atoms with E-state index in [1.807, 2.05) is 42.5 Å². The Balaban J connectivity index is 1.28. The highest BCUT2D eigenvalue weighted by Crippen LogP contribution is 2.43. The minimum Gasteiger partial charge on any atom is -0.454 e. The number of nitrogens with zero attached hydrogens (tertiary/aromatic N) is 4. The molecule has 0 saturated carbocycles. The maximum absolute atomic E-state index is 10.0. The molecule has 0 N–H and O–H groups in total. The van der Waals surface area contributed by atoms with E-state index in [-0.39, 0.29) is 0 Å². The van der Waals surface area contributed by atoms with Gasteiger partial charge in [-0.2, -0.15) is 10.5 Å². The molecule has 5 heteroatoms. The standard InChI is InChI=1S/C44H26N4O/c45-25-27-14-19-39(48-38-12-6-4-10-31(38)36-23-28(26-46)15-20-41(36)48)35(22-27)29-16-21-40-37(24-29)33-17-18-34-32-11-5-7-13-42(32)49-44(34)43(33)47(40)30-8-2-1-3-9-30/h1-5,7-11,13-24H,6,12H2. The average molecular weight is 627 g/mol. The van der Waals surface area contributed by atoms with Crippen LogP contribution in [0.1, 0.15) is 28.8 Å². The fourth-order valence-electron chi connectivity index (χ4n) is 7.89. The predicted octanol–water partition coefficient (Wildman–Crippen LogP) is 11.0. The summed E-state index contributed by atoms with van der Waals surface area (Å²) in [6, 6.07) is 46.3. The molecule has 228 valence electrons. The van der Waals surface area contributed by atoms with E-state index in [9.17, 15) is 10.5 Å². The van der Waals surface area contributed by atoms with E-state index in [2.05, 4.69) is 112 Å². The molecule has 5 nitrogen and oxygen atoms in total.